The van der Waals surface area contributed by atoms with Crippen LogP contribution in [0.5, 0.6) is 5.75 Å². The average Bonchev–Trinajstić information content (AvgIpc) is 2.95. The van der Waals surface area contributed by atoms with Crippen LogP contribution >= 0.6 is 11.6 Å². The zero-order chi connectivity index (χ0) is 29.4. The summed E-state index contributed by atoms with van der Waals surface area (Å²) < 4.78 is 34.0. The van der Waals surface area contributed by atoms with Gasteiger partial charge in [0, 0.05) is 12.6 Å². The minimum absolute atomic E-state index is 0.0164. The Labute approximate surface area is 241 Å². The Bertz CT molecular complexity index is 1430. The largest absolute Gasteiger partial charge is 0.495 e. The van der Waals surface area contributed by atoms with Gasteiger partial charge in [-0.25, -0.2) is 8.42 Å². The molecule has 2 atom stereocenters. The van der Waals surface area contributed by atoms with E-state index in [0.29, 0.717) is 5.75 Å². The highest BCUT2D eigenvalue weighted by atomic mass is 35.5. The number of aryl methyl sites for hydroxylation is 1. The number of amides is 2. The van der Waals surface area contributed by atoms with Gasteiger partial charge >= 0.3 is 0 Å². The lowest BCUT2D eigenvalue weighted by atomic mass is 10.1. The van der Waals surface area contributed by atoms with Crippen LogP contribution < -0.4 is 14.4 Å². The van der Waals surface area contributed by atoms with Crippen molar-refractivity contribution in [3.05, 3.63) is 88.9 Å². The van der Waals surface area contributed by atoms with Crippen LogP contribution in [0.1, 0.15) is 38.3 Å². The summed E-state index contributed by atoms with van der Waals surface area (Å²) in [5, 5.41) is 3.12. The van der Waals surface area contributed by atoms with Crippen molar-refractivity contribution >= 4 is 39.1 Å². The summed E-state index contributed by atoms with van der Waals surface area (Å²) in [6, 6.07) is 19.0. The van der Waals surface area contributed by atoms with E-state index in [1.165, 1.54) is 36.3 Å². The SMILES string of the molecule is CC[C@H](C)NC(=O)[C@@H](C)N(Cc1ccccc1C)C(=O)CN(c1ccc(OC)c(Cl)c1)S(=O)(=O)c1ccccc1. The monoisotopic (exact) mass is 585 g/mol. The Kier molecular flexibility index (Phi) is 10.6. The van der Waals surface area contributed by atoms with Crippen molar-refractivity contribution in [2.45, 2.75) is 57.6 Å². The number of benzene rings is 3. The van der Waals surface area contributed by atoms with Crippen LogP contribution in [-0.4, -0.2) is 50.9 Å². The minimum atomic E-state index is -4.18. The molecular weight excluding hydrogens is 550 g/mol. The van der Waals surface area contributed by atoms with E-state index < -0.39 is 28.5 Å². The molecule has 2 amide bonds. The van der Waals surface area contributed by atoms with Gasteiger partial charge in [0.05, 0.1) is 22.7 Å². The lowest BCUT2D eigenvalue weighted by molar-refractivity contribution is -0.139. The number of nitrogens with one attached hydrogen (secondary N) is 1. The van der Waals surface area contributed by atoms with Gasteiger partial charge in [0.15, 0.2) is 0 Å². The zero-order valence-corrected chi connectivity index (χ0v) is 25.0. The Morgan fingerprint density at radius 3 is 2.25 bits per heavy atom. The number of rotatable bonds is 12. The summed E-state index contributed by atoms with van der Waals surface area (Å²) in [5.74, 6) is -0.493. The van der Waals surface area contributed by atoms with E-state index in [1.54, 1.807) is 31.2 Å². The van der Waals surface area contributed by atoms with E-state index in [-0.39, 0.29) is 34.1 Å². The molecule has 3 aromatic rings. The number of ether oxygens (including phenoxy) is 1. The summed E-state index contributed by atoms with van der Waals surface area (Å²) in [6.45, 7) is 7.00. The van der Waals surface area contributed by atoms with Crippen LogP contribution in [0.25, 0.3) is 0 Å². The van der Waals surface area contributed by atoms with Crippen molar-refractivity contribution in [3.8, 4) is 5.75 Å². The van der Waals surface area contributed by atoms with Crippen LogP contribution in [0.3, 0.4) is 0 Å². The van der Waals surface area contributed by atoms with Crippen LogP contribution in [-0.2, 0) is 26.2 Å². The highest BCUT2D eigenvalue weighted by Gasteiger charge is 2.33. The van der Waals surface area contributed by atoms with Gasteiger partial charge in [0.1, 0.15) is 18.3 Å². The minimum Gasteiger partial charge on any atom is -0.495 e. The molecule has 40 heavy (non-hydrogen) atoms. The van der Waals surface area contributed by atoms with E-state index >= 15 is 0 Å². The number of hydrogen-bond donors (Lipinski definition) is 1. The maximum absolute atomic E-state index is 14.0. The van der Waals surface area contributed by atoms with E-state index in [1.807, 2.05) is 45.0 Å². The van der Waals surface area contributed by atoms with Crippen molar-refractivity contribution in [2.24, 2.45) is 0 Å². The second-order valence-electron chi connectivity index (χ2n) is 9.59. The summed E-state index contributed by atoms with van der Waals surface area (Å²) in [4.78, 5) is 28.6. The summed E-state index contributed by atoms with van der Waals surface area (Å²) in [7, 11) is -2.73. The number of hydrogen-bond acceptors (Lipinski definition) is 5. The molecule has 0 aromatic heterocycles. The first kappa shape index (κ1) is 31.0. The first-order valence-electron chi connectivity index (χ1n) is 13.0. The van der Waals surface area contributed by atoms with Crippen molar-refractivity contribution in [1.82, 2.24) is 10.2 Å². The fraction of sp³-hybridized carbons (Fsp3) is 0.333. The molecular formula is C30H36ClN3O5S. The molecule has 0 unspecified atom stereocenters. The number of anilines is 1. The molecule has 0 spiro atoms. The van der Waals surface area contributed by atoms with Gasteiger partial charge in [-0.2, -0.15) is 0 Å². The van der Waals surface area contributed by atoms with Crippen LogP contribution in [0.2, 0.25) is 5.02 Å². The molecule has 0 saturated heterocycles. The van der Waals surface area contributed by atoms with Crippen molar-refractivity contribution < 1.29 is 22.7 Å². The second-order valence-corrected chi connectivity index (χ2v) is 11.9. The molecule has 3 rings (SSSR count). The Balaban J connectivity index is 2.06. The van der Waals surface area contributed by atoms with Crippen LogP contribution in [0, 0.1) is 6.92 Å². The Morgan fingerprint density at radius 1 is 1.00 bits per heavy atom. The molecule has 1 N–H and O–H groups in total. The van der Waals surface area contributed by atoms with E-state index in [4.69, 9.17) is 16.3 Å². The fourth-order valence-electron chi connectivity index (χ4n) is 4.08. The first-order chi connectivity index (χ1) is 19.0. The lowest BCUT2D eigenvalue weighted by Crippen LogP contribution is -2.52. The lowest BCUT2D eigenvalue weighted by Gasteiger charge is -2.33. The Hall–Kier alpha value is -3.56. The third-order valence-corrected chi connectivity index (χ3v) is 8.89. The van der Waals surface area contributed by atoms with Crippen molar-refractivity contribution in [2.75, 3.05) is 18.0 Å². The normalized spacial score (nSPS) is 12.8. The highest BCUT2D eigenvalue weighted by molar-refractivity contribution is 7.92. The third-order valence-electron chi connectivity index (χ3n) is 6.80. The molecule has 0 fully saturated rings. The molecule has 0 aliphatic carbocycles. The van der Waals surface area contributed by atoms with E-state index in [2.05, 4.69) is 5.32 Å². The van der Waals surface area contributed by atoms with Gasteiger partial charge in [0.2, 0.25) is 11.8 Å². The number of halogens is 1. The van der Waals surface area contributed by atoms with Gasteiger partial charge in [0.25, 0.3) is 10.0 Å². The smallest absolute Gasteiger partial charge is 0.264 e. The summed E-state index contributed by atoms with van der Waals surface area (Å²) in [5.41, 5.74) is 1.99. The standard InChI is InChI=1S/C30H36ClN3O5S/c1-6-22(3)32-30(36)23(4)33(19-24-13-11-10-12-21(24)2)29(35)20-34(25-16-17-28(39-5)27(31)18-25)40(37,38)26-14-8-7-9-15-26/h7-18,22-23H,6,19-20H2,1-5H3,(H,32,36)/t22-,23+/m0/s1. The number of nitrogens with zero attached hydrogens (tertiary/aromatic N) is 2. The van der Waals surface area contributed by atoms with Gasteiger partial charge in [-0.15, -0.1) is 0 Å². The predicted octanol–water partition coefficient (Wildman–Crippen LogP) is 5.18. The zero-order valence-electron chi connectivity index (χ0n) is 23.4. The Morgan fingerprint density at radius 2 is 1.65 bits per heavy atom. The molecule has 8 nitrogen and oxygen atoms in total. The molecule has 0 radical (unpaired) electrons. The molecule has 214 valence electrons. The topological polar surface area (TPSA) is 96.0 Å². The third kappa shape index (κ3) is 7.34. The number of carbonyl (C=O) groups excluding carboxylic acids is 2. The summed E-state index contributed by atoms with van der Waals surface area (Å²) >= 11 is 6.35. The van der Waals surface area contributed by atoms with E-state index in [0.717, 1.165) is 21.9 Å². The molecule has 0 aliphatic heterocycles. The fourth-order valence-corrected chi connectivity index (χ4v) is 5.76. The van der Waals surface area contributed by atoms with Crippen LogP contribution in [0.4, 0.5) is 5.69 Å². The van der Waals surface area contributed by atoms with Gasteiger partial charge < -0.3 is 15.0 Å². The van der Waals surface area contributed by atoms with Gasteiger partial charge in [-0.05, 0) is 68.7 Å². The van der Waals surface area contributed by atoms with E-state index in [9.17, 15) is 18.0 Å². The maximum atomic E-state index is 14.0. The quantitative estimate of drug-likeness (QED) is 0.316. The number of sulfonamides is 1. The maximum Gasteiger partial charge on any atom is 0.264 e. The van der Waals surface area contributed by atoms with Gasteiger partial charge in [-0.3, -0.25) is 13.9 Å². The van der Waals surface area contributed by atoms with Crippen molar-refractivity contribution in [3.63, 3.8) is 0 Å². The average molecular weight is 586 g/mol. The summed E-state index contributed by atoms with van der Waals surface area (Å²) in [6.07, 6.45) is 0.728. The molecule has 0 heterocycles. The number of carbonyl (C=O) groups is 2. The molecule has 0 bridgehead atoms. The molecule has 3 aromatic carbocycles. The predicted molar refractivity (Wildman–Crippen MR) is 158 cm³/mol. The molecule has 10 heteroatoms. The second kappa shape index (κ2) is 13.7. The van der Waals surface area contributed by atoms with Crippen molar-refractivity contribution in [1.29, 1.82) is 0 Å². The first-order valence-corrected chi connectivity index (χ1v) is 14.9. The number of methoxy groups -OCH3 is 1. The molecule has 0 aliphatic rings. The highest BCUT2D eigenvalue weighted by Crippen LogP contribution is 2.32. The van der Waals surface area contributed by atoms with Crippen LogP contribution in [0.15, 0.2) is 77.7 Å². The van der Waals surface area contributed by atoms with Gasteiger partial charge in [-0.1, -0.05) is 61.0 Å². The molecule has 0 saturated carbocycles.